The number of hydrogen-bond acceptors (Lipinski definition) is 3. The molecule has 1 aromatic heterocycles. The smallest absolute Gasteiger partial charge is 0.318 e. The third-order valence-electron chi connectivity index (χ3n) is 3.40. The molecule has 8 heteroatoms. The van der Waals surface area contributed by atoms with Crippen LogP contribution in [0.4, 0.5) is 13.6 Å². The second-order valence-corrected chi connectivity index (χ2v) is 7.26. The minimum atomic E-state index is -0.775. The molecule has 1 heterocycles. The summed E-state index contributed by atoms with van der Waals surface area (Å²) < 4.78 is 32.4. The predicted octanol–water partition coefficient (Wildman–Crippen LogP) is 4.68. The molecule has 25 heavy (non-hydrogen) atoms. The van der Waals surface area contributed by atoms with Crippen LogP contribution in [0.3, 0.4) is 0 Å². The second kappa shape index (κ2) is 9.01. The molecule has 0 spiro atoms. The lowest BCUT2D eigenvalue weighted by molar-refractivity contribution is 0.187. The number of hydrogen-bond donors (Lipinski definition) is 1. The van der Waals surface area contributed by atoms with E-state index < -0.39 is 11.6 Å². The molecule has 136 valence electrons. The number of carbonyl (C=O) groups is 1. The highest BCUT2D eigenvalue weighted by Crippen LogP contribution is 2.22. The lowest BCUT2D eigenvalue weighted by atomic mass is 10.3. The fraction of sp³-hybridized carbons (Fsp3) is 0.353. The fourth-order valence-corrected chi connectivity index (χ4v) is 3.21. The molecule has 2 amide bonds. The van der Waals surface area contributed by atoms with Crippen LogP contribution in [0, 0.1) is 11.6 Å². The van der Waals surface area contributed by atoms with Gasteiger partial charge in [0.2, 0.25) is 0 Å². The highest BCUT2D eigenvalue weighted by molar-refractivity contribution is 7.16. The Balaban J connectivity index is 1.85. The maximum atomic E-state index is 13.5. The summed E-state index contributed by atoms with van der Waals surface area (Å²) in [6.07, 6.45) is 0. The van der Waals surface area contributed by atoms with Crippen molar-refractivity contribution in [2.45, 2.75) is 26.4 Å². The van der Waals surface area contributed by atoms with E-state index in [1.807, 2.05) is 13.0 Å². The average molecular weight is 389 g/mol. The molecule has 0 aliphatic heterocycles. The highest BCUT2D eigenvalue weighted by Gasteiger charge is 2.16. The third kappa shape index (κ3) is 5.86. The molecule has 2 rings (SSSR count). The van der Waals surface area contributed by atoms with Gasteiger partial charge in [0.1, 0.15) is 12.4 Å². The number of urea groups is 1. The summed E-state index contributed by atoms with van der Waals surface area (Å²) in [6.45, 7) is 4.68. The molecule has 1 N–H and O–H groups in total. The number of halogens is 3. The van der Waals surface area contributed by atoms with Crippen LogP contribution in [0.5, 0.6) is 5.75 Å². The minimum absolute atomic E-state index is 0.0527. The third-order valence-corrected chi connectivity index (χ3v) is 4.61. The first-order valence-electron chi connectivity index (χ1n) is 7.76. The van der Waals surface area contributed by atoms with Crippen molar-refractivity contribution in [3.8, 4) is 5.75 Å². The van der Waals surface area contributed by atoms with Gasteiger partial charge in [-0.05, 0) is 38.1 Å². The van der Waals surface area contributed by atoms with Crippen LogP contribution in [-0.4, -0.2) is 30.1 Å². The van der Waals surface area contributed by atoms with E-state index in [0.29, 0.717) is 17.4 Å². The number of nitrogens with zero attached hydrogens (tertiary/aromatic N) is 1. The van der Waals surface area contributed by atoms with E-state index in [9.17, 15) is 13.6 Å². The SMILES string of the molecule is CCN(Cc1ccc(Cl)s1)C(=O)NC(C)COc1ccc(F)cc1F. The summed E-state index contributed by atoms with van der Waals surface area (Å²) in [5.41, 5.74) is 0. The van der Waals surface area contributed by atoms with Crippen LogP contribution in [-0.2, 0) is 6.54 Å². The van der Waals surface area contributed by atoms with Gasteiger partial charge in [-0.2, -0.15) is 0 Å². The molecule has 1 aromatic carbocycles. The van der Waals surface area contributed by atoms with Gasteiger partial charge < -0.3 is 15.0 Å². The van der Waals surface area contributed by atoms with Crippen LogP contribution in [0.25, 0.3) is 0 Å². The molecule has 0 saturated heterocycles. The Morgan fingerprint density at radius 3 is 2.72 bits per heavy atom. The van der Waals surface area contributed by atoms with Gasteiger partial charge in [0.15, 0.2) is 11.6 Å². The molecule has 0 fully saturated rings. The predicted molar refractivity (Wildman–Crippen MR) is 95.3 cm³/mol. The first-order valence-corrected chi connectivity index (χ1v) is 8.96. The van der Waals surface area contributed by atoms with Crippen molar-refractivity contribution in [2.75, 3.05) is 13.2 Å². The largest absolute Gasteiger partial charge is 0.488 e. The first kappa shape index (κ1) is 19.5. The maximum Gasteiger partial charge on any atom is 0.318 e. The van der Waals surface area contributed by atoms with Crippen molar-refractivity contribution in [3.63, 3.8) is 0 Å². The molecule has 1 atom stereocenters. The van der Waals surface area contributed by atoms with E-state index in [1.54, 1.807) is 17.9 Å². The number of nitrogens with one attached hydrogen (secondary N) is 1. The van der Waals surface area contributed by atoms with Crippen molar-refractivity contribution in [2.24, 2.45) is 0 Å². The topological polar surface area (TPSA) is 41.6 Å². The van der Waals surface area contributed by atoms with Gasteiger partial charge in [-0.3, -0.25) is 0 Å². The van der Waals surface area contributed by atoms with Gasteiger partial charge in [0.25, 0.3) is 0 Å². The van der Waals surface area contributed by atoms with Crippen molar-refractivity contribution < 1.29 is 18.3 Å². The molecular formula is C17H19ClF2N2O2S. The first-order chi connectivity index (χ1) is 11.9. The van der Waals surface area contributed by atoms with Crippen molar-refractivity contribution in [1.29, 1.82) is 0 Å². The zero-order valence-electron chi connectivity index (χ0n) is 13.9. The van der Waals surface area contributed by atoms with Crippen LogP contribution < -0.4 is 10.1 Å². The normalized spacial score (nSPS) is 11.9. The van der Waals surface area contributed by atoms with Gasteiger partial charge in [0, 0.05) is 17.5 Å². The molecular weight excluding hydrogens is 370 g/mol. The number of thiophene rings is 1. The molecule has 2 aromatic rings. The summed E-state index contributed by atoms with van der Waals surface area (Å²) in [5, 5.41) is 2.80. The van der Waals surface area contributed by atoms with Gasteiger partial charge >= 0.3 is 6.03 Å². The van der Waals surface area contributed by atoms with Crippen molar-refractivity contribution in [3.05, 3.63) is 51.2 Å². The molecule has 4 nitrogen and oxygen atoms in total. The van der Waals surface area contributed by atoms with Gasteiger partial charge in [0.05, 0.1) is 16.9 Å². The van der Waals surface area contributed by atoms with Crippen LogP contribution in [0.2, 0.25) is 4.34 Å². The Kier molecular flexibility index (Phi) is 7.01. The van der Waals surface area contributed by atoms with E-state index in [1.165, 1.54) is 17.4 Å². The Morgan fingerprint density at radius 1 is 1.36 bits per heavy atom. The monoisotopic (exact) mass is 388 g/mol. The van der Waals surface area contributed by atoms with E-state index >= 15 is 0 Å². The van der Waals surface area contributed by atoms with E-state index in [4.69, 9.17) is 16.3 Å². The lowest BCUT2D eigenvalue weighted by Gasteiger charge is -2.23. The number of rotatable bonds is 7. The average Bonchev–Trinajstić information content (AvgIpc) is 2.96. The number of benzene rings is 1. The molecule has 0 aliphatic carbocycles. The van der Waals surface area contributed by atoms with E-state index in [2.05, 4.69) is 5.32 Å². The molecule has 0 saturated carbocycles. The summed E-state index contributed by atoms with van der Waals surface area (Å²) in [4.78, 5) is 14.9. The number of carbonyl (C=O) groups excluding carboxylic acids is 1. The Labute approximate surface area is 154 Å². The van der Waals surface area contributed by atoms with Crippen LogP contribution in [0.15, 0.2) is 30.3 Å². The Morgan fingerprint density at radius 2 is 2.12 bits per heavy atom. The second-order valence-electron chi connectivity index (χ2n) is 5.46. The van der Waals surface area contributed by atoms with E-state index in [0.717, 1.165) is 17.0 Å². The van der Waals surface area contributed by atoms with Gasteiger partial charge in [-0.1, -0.05) is 11.6 Å². The standard InChI is InChI=1S/C17H19ClF2N2O2S/c1-3-22(9-13-5-7-16(18)25-13)17(23)21-11(2)10-24-15-6-4-12(19)8-14(15)20/h4-8,11H,3,9-10H2,1-2H3,(H,21,23). The van der Waals surface area contributed by atoms with Crippen LogP contribution in [0.1, 0.15) is 18.7 Å². The fourth-order valence-electron chi connectivity index (χ4n) is 2.10. The van der Waals surface area contributed by atoms with Crippen LogP contribution >= 0.6 is 22.9 Å². The number of amides is 2. The Hall–Kier alpha value is -1.86. The summed E-state index contributed by atoms with van der Waals surface area (Å²) in [5.74, 6) is -1.50. The zero-order valence-corrected chi connectivity index (χ0v) is 15.5. The summed E-state index contributed by atoms with van der Waals surface area (Å²) in [7, 11) is 0. The molecule has 0 radical (unpaired) electrons. The zero-order chi connectivity index (χ0) is 18.4. The van der Waals surface area contributed by atoms with Gasteiger partial charge in [-0.15, -0.1) is 11.3 Å². The quantitative estimate of drug-likeness (QED) is 0.748. The Bertz CT molecular complexity index is 726. The summed E-state index contributed by atoms with van der Waals surface area (Å²) >= 11 is 7.33. The molecule has 1 unspecified atom stereocenters. The molecule has 0 aliphatic rings. The van der Waals surface area contributed by atoms with Gasteiger partial charge in [-0.25, -0.2) is 13.6 Å². The maximum absolute atomic E-state index is 13.5. The lowest BCUT2D eigenvalue weighted by Crippen LogP contribution is -2.45. The number of ether oxygens (including phenoxy) is 1. The highest BCUT2D eigenvalue weighted by atomic mass is 35.5. The molecule has 0 bridgehead atoms. The summed E-state index contributed by atoms with van der Waals surface area (Å²) in [6, 6.07) is 6.17. The van der Waals surface area contributed by atoms with Crippen molar-refractivity contribution in [1.82, 2.24) is 10.2 Å². The van der Waals surface area contributed by atoms with Crippen molar-refractivity contribution >= 4 is 29.0 Å². The van der Waals surface area contributed by atoms with E-state index in [-0.39, 0.29) is 24.4 Å². The minimum Gasteiger partial charge on any atom is -0.488 e.